The molecular formula is C15H19N3O. The molecule has 0 aromatic heterocycles. The lowest BCUT2D eigenvalue weighted by atomic mass is 9.99. The first kappa shape index (κ1) is 13.4. The number of hydrogen-bond donors (Lipinski definition) is 1. The van der Waals surface area contributed by atoms with E-state index < -0.39 is 0 Å². The molecule has 100 valence electrons. The van der Waals surface area contributed by atoms with E-state index in [1.807, 2.05) is 17.0 Å². The third-order valence-electron chi connectivity index (χ3n) is 3.57. The Bertz CT molecular complexity index is 484. The molecule has 0 radical (unpaired) electrons. The van der Waals surface area contributed by atoms with Gasteiger partial charge in [0.05, 0.1) is 18.2 Å². The second-order valence-electron chi connectivity index (χ2n) is 5.11. The van der Waals surface area contributed by atoms with E-state index in [1.54, 1.807) is 12.1 Å². The van der Waals surface area contributed by atoms with Crippen LogP contribution in [0.5, 0.6) is 0 Å². The first-order chi connectivity index (χ1) is 9.19. The van der Waals surface area contributed by atoms with E-state index in [2.05, 4.69) is 18.3 Å². The zero-order valence-electron chi connectivity index (χ0n) is 11.2. The Labute approximate surface area is 114 Å². The zero-order valence-corrected chi connectivity index (χ0v) is 11.2. The molecule has 1 saturated heterocycles. The number of anilines is 1. The number of carbonyl (C=O) groups is 1. The van der Waals surface area contributed by atoms with Crippen LogP contribution in [0.25, 0.3) is 0 Å². The van der Waals surface area contributed by atoms with E-state index in [0.29, 0.717) is 12.1 Å². The number of benzene rings is 1. The second kappa shape index (κ2) is 6.24. The molecule has 0 atom stereocenters. The van der Waals surface area contributed by atoms with Crippen molar-refractivity contribution in [1.82, 2.24) is 4.90 Å². The highest BCUT2D eigenvalue weighted by Crippen LogP contribution is 2.16. The summed E-state index contributed by atoms with van der Waals surface area (Å²) in [5, 5.41) is 11.9. The molecule has 1 aromatic rings. The maximum Gasteiger partial charge on any atom is 0.241 e. The molecule has 19 heavy (non-hydrogen) atoms. The lowest BCUT2D eigenvalue weighted by Crippen LogP contribution is -2.40. The van der Waals surface area contributed by atoms with Gasteiger partial charge in [0.25, 0.3) is 0 Å². The highest BCUT2D eigenvalue weighted by atomic mass is 16.2. The molecule has 0 aliphatic carbocycles. The van der Waals surface area contributed by atoms with Crippen LogP contribution in [0.15, 0.2) is 24.3 Å². The summed E-state index contributed by atoms with van der Waals surface area (Å²) in [6, 6.07) is 9.27. The van der Waals surface area contributed by atoms with Crippen LogP contribution in [0.2, 0.25) is 0 Å². The van der Waals surface area contributed by atoms with Gasteiger partial charge in [-0.3, -0.25) is 4.79 Å². The van der Waals surface area contributed by atoms with Crippen molar-refractivity contribution in [2.24, 2.45) is 5.92 Å². The third kappa shape index (κ3) is 3.72. The fourth-order valence-electron chi connectivity index (χ4n) is 2.25. The molecule has 0 saturated carbocycles. The number of carbonyl (C=O) groups excluding carboxylic acids is 1. The Kier molecular flexibility index (Phi) is 4.40. The van der Waals surface area contributed by atoms with Crippen LogP contribution in [-0.2, 0) is 4.79 Å². The number of hydrogen-bond acceptors (Lipinski definition) is 3. The van der Waals surface area contributed by atoms with Gasteiger partial charge in [-0.1, -0.05) is 13.0 Å². The lowest BCUT2D eigenvalue weighted by Gasteiger charge is -2.30. The van der Waals surface area contributed by atoms with Crippen molar-refractivity contribution in [2.45, 2.75) is 19.8 Å². The molecule has 1 N–H and O–H groups in total. The summed E-state index contributed by atoms with van der Waals surface area (Å²) >= 11 is 0. The average molecular weight is 257 g/mol. The van der Waals surface area contributed by atoms with Crippen molar-refractivity contribution in [3.63, 3.8) is 0 Å². The summed E-state index contributed by atoms with van der Waals surface area (Å²) in [5.74, 6) is 0.860. The van der Waals surface area contributed by atoms with Gasteiger partial charge in [-0.2, -0.15) is 5.26 Å². The van der Waals surface area contributed by atoms with E-state index in [4.69, 9.17) is 5.26 Å². The van der Waals surface area contributed by atoms with E-state index in [0.717, 1.165) is 37.5 Å². The number of rotatable bonds is 3. The monoisotopic (exact) mass is 257 g/mol. The number of likely N-dealkylation sites (tertiary alicyclic amines) is 1. The number of nitriles is 1. The minimum atomic E-state index is 0.134. The Morgan fingerprint density at radius 2 is 2.21 bits per heavy atom. The van der Waals surface area contributed by atoms with Crippen LogP contribution >= 0.6 is 0 Å². The molecule has 4 nitrogen and oxygen atoms in total. The Balaban J connectivity index is 1.84. The fourth-order valence-corrected chi connectivity index (χ4v) is 2.25. The molecule has 1 amide bonds. The highest BCUT2D eigenvalue weighted by molar-refractivity contribution is 5.81. The normalized spacial score (nSPS) is 15.9. The molecule has 4 heteroatoms. The van der Waals surface area contributed by atoms with E-state index in [-0.39, 0.29) is 5.91 Å². The minimum absolute atomic E-state index is 0.134. The number of nitrogens with one attached hydrogen (secondary N) is 1. The molecule has 1 aliphatic rings. The molecule has 1 heterocycles. The number of amides is 1. The van der Waals surface area contributed by atoms with E-state index in [9.17, 15) is 4.79 Å². The summed E-state index contributed by atoms with van der Waals surface area (Å²) in [4.78, 5) is 13.9. The van der Waals surface area contributed by atoms with Gasteiger partial charge < -0.3 is 10.2 Å². The first-order valence-corrected chi connectivity index (χ1v) is 6.71. The summed E-state index contributed by atoms with van der Waals surface area (Å²) in [5.41, 5.74) is 1.42. The van der Waals surface area contributed by atoms with E-state index >= 15 is 0 Å². The van der Waals surface area contributed by atoms with Crippen molar-refractivity contribution in [2.75, 3.05) is 25.0 Å². The Morgan fingerprint density at radius 3 is 2.89 bits per heavy atom. The van der Waals surface area contributed by atoms with Gasteiger partial charge in [0.2, 0.25) is 5.91 Å². The van der Waals surface area contributed by atoms with Crippen molar-refractivity contribution in [3.8, 4) is 6.07 Å². The smallest absolute Gasteiger partial charge is 0.241 e. The van der Waals surface area contributed by atoms with Gasteiger partial charge in [-0.15, -0.1) is 0 Å². The standard InChI is InChI=1S/C15H19N3O/c1-12-5-7-18(8-6-12)15(19)11-17-14-4-2-3-13(9-14)10-16/h2-4,9,12,17H,5-8,11H2,1H3. The van der Waals surface area contributed by atoms with Gasteiger partial charge in [-0.05, 0) is 37.0 Å². The van der Waals surface area contributed by atoms with Crippen LogP contribution in [-0.4, -0.2) is 30.4 Å². The lowest BCUT2D eigenvalue weighted by molar-refractivity contribution is -0.130. The van der Waals surface area contributed by atoms with Crippen LogP contribution in [0, 0.1) is 17.2 Å². The predicted octanol–water partition coefficient (Wildman–Crippen LogP) is 2.23. The quantitative estimate of drug-likeness (QED) is 0.903. The van der Waals surface area contributed by atoms with Gasteiger partial charge in [-0.25, -0.2) is 0 Å². The Hall–Kier alpha value is -2.02. The first-order valence-electron chi connectivity index (χ1n) is 6.71. The van der Waals surface area contributed by atoms with Crippen molar-refractivity contribution >= 4 is 11.6 Å². The van der Waals surface area contributed by atoms with Gasteiger partial charge >= 0.3 is 0 Å². The number of nitrogens with zero attached hydrogens (tertiary/aromatic N) is 2. The molecule has 0 unspecified atom stereocenters. The molecular weight excluding hydrogens is 238 g/mol. The predicted molar refractivity (Wildman–Crippen MR) is 74.6 cm³/mol. The highest BCUT2D eigenvalue weighted by Gasteiger charge is 2.19. The van der Waals surface area contributed by atoms with Gasteiger partial charge in [0.1, 0.15) is 0 Å². The van der Waals surface area contributed by atoms with Gasteiger partial charge in [0, 0.05) is 18.8 Å². The van der Waals surface area contributed by atoms with E-state index in [1.165, 1.54) is 0 Å². The topological polar surface area (TPSA) is 56.1 Å². The minimum Gasteiger partial charge on any atom is -0.376 e. The SMILES string of the molecule is CC1CCN(C(=O)CNc2cccc(C#N)c2)CC1. The maximum atomic E-state index is 12.0. The van der Waals surface area contributed by atoms with Crippen molar-refractivity contribution in [1.29, 1.82) is 5.26 Å². The summed E-state index contributed by atoms with van der Waals surface area (Å²) in [6.07, 6.45) is 2.19. The van der Waals surface area contributed by atoms with Crippen LogP contribution in [0.3, 0.4) is 0 Å². The summed E-state index contributed by atoms with van der Waals surface area (Å²) < 4.78 is 0. The summed E-state index contributed by atoms with van der Waals surface area (Å²) in [7, 11) is 0. The zero-order chi connectivity index (χ0) is 13.7. The molecule has 1 aromatic carbocycles. The fraction of sp³-hybridized carbons (Fsp3) is 0.467. The van der Waals surface area contributed by atoms with Crippen LogP contribution in [0.4, 0.5) is 5.69 Å². The summed E-state index contributed by atoms with van der Waals surface area (Å²) in [6.45, 7) is 4.25. The molecule has 1 fully saturated rings. The molecule has 0 bridgehead atoms. The molecule has 2 rings (SSSR count). The maximum absolute atomic E-state index is 12.0. The van der Waals surface area contributed by atoms with Crippen LogP contribution in [0.1, 0.15) is 25.3 Å². The largest absolute Gasteiger partial charge is 0.376 e. The van der Waals surface area contributed by atoms with Crippen LogP contribution < -0.4 is 5.32 Å². The van der Waals surface area contributed by atoms with Crippen molar-refractivity contribution < 1.29 is 4.79 Å². The number of piperidine rings is 1. The molecule has 1 aliphatic heterocycles. The second-order valence-corrected chi connectivity index (χ2v) is 5.11. The molecule has 0 spiro atoms. The average Bonchev–Trinajstić information content (AvgIpc) is 2.46. The van der Waals surface area contributed by atoms with Crippen molar-refractivity contribution in [3.05, 3.63) is 29.8 Å². The third-order valence-corrected chi connectivity index (χ3v) is 3.57. The van der Waals surface area contributed by atoms with Gasteiger partial charge in [0.15, 0.2) is 0 Å². The Morgan fingerprint density at radius 1 is 1.47 bits per heavy atom.